The Kier molecular flexibility index (Phi) is 5.56. The summed E-state index contributed by atoms with van der Waals surface area (Å²) in [6, 6.07) is 7.72. The molecule has 138 valence electrons. The van der Waals surface area contributed by atoms with Crippen molar-refractivity contribution in [2.45, 2.75) is 20.3 Å². The van der Waals surface area contributed by atoms with Crippen molar-refractivity contribution >= 4 is 23.2 Å². The maximum Gasteiger partial charge on any atom is 0.308 e. The van der Waals surface area contributed by atoms with Crippen molar-refractivity contribution in [3.63, 3.8) is 0 Å². The molecule has 1 aliphatic rings. The fourth-order valence-electron chi connectivity index (χ4n) is 3.14. The van der Waals surface area contributed by atoms with Gasteiger partial charge in [0.05, 0.1) is 24.6 Å². The fraction of sp³-hybridized carbons (Fsp3) is 0.421. The van der Waals surface area contributed by atoms with Crippen molar-refractivity contribution < 1.29 is 19.4 Å². The summed E-state index contributed by atoms with van der Waals surface area (Å²) in [5.41, 5.74) is 1.70. The molecule has 7 heteroatoms. The molecule has 2 atom stereocenters. The Hall–Kier alpha value is -2.41. The van der Waals surface area contributed by atoms with Gasteiger partial charge in [-0.15, -0.1) is 11.3 Å². The first kappa shape index (κ1) is 18.4. The van der Waals surface area contributed by atoms with Crippen molar-refractivity contribution in [3.8, 4) is 16.3 Å². The second-order valence-electron chi connectivity index (χ2n) is 6.50. The van der Waals surface area contributed by atoms with E-state index in [1.165, 1.54) is 11.3 Å². The van der Waals surface area contributed by atoms with Gasteiger partial charge in [-0.25, -0.2) is 4.98 Å². The van der Waals surface area contributed by atoms with Gasteiger partial charge in [-0.05, 0) is 37.1 Å². The lowest BCUT2D eigenvalue weighted by molar-refractivity contribution is -0.142. The zero-order chi connectivity index (χ0) is 18.7. The molecule has 2 heterocycles. The van der Waals surface area contributed by atoms with E-state index < -0.39 is 11.9 Å². The molecule has 26 heavy (non-hydrogen) atoms. The van der Waals surface area contributed by atoms with Crippen molar-refractivity contribution in [1.82, 2.24) is 9.88 Å². The van der Waals surface area contributed by atoms with E-state index in [1.54, 1.807) is 4.90 Å². The number of amides is 1. The molecule has 0 aliphatic carbocycles. The fourth-order valence-corrected chi connectivity index (χ4v) is 3.97. The van der Waals surface area contributed by atoms with Crippen LogP contribution in [0, 0.1) is 11.8 Å². The molecular formula is C19H22N2O4S. The first-order valence-corrected chi connectivity index (χ1v) is 9.54. The molecule has 0 bridgehead atoms. The average molecular weight is 374 g/mol. The van der Waals surface area contributed by atoms with Gasteiger partial charge in [0.1, 0.15) is 10.8 Å². The van der Waals surface area contributed by atoms with Gasteiger partial charge in [-0.3, -0.25) is 9.59 Å². The molecule has 0 radical (unpaired) electrons. The van der Waals surface area contributed by atoms with Gasteiger partial charge in [-0.2, -0.15) is 0 Å². The maximum absolute atomic E-state index is 12.5. The number of carboxylic acid groups (broad SMARTS) is 1. The number of carbonyl (C=O) groups excluding carboxylic acids is 1. The van der Waals surface area contributed by atoms with Crippen molar-refractivity contribution in [2.75, 3.05) is 19.7 Å². The number of aliphatic carboxylic acids is 1. The summed E-state index contributed by atoms with van der Waals surface area (Å²) >= 11 is 1.50. The number of rotatable bonds is 6. The number of benzene rings is 1. The number of hydrogen-bond donors (Lipinski definition) is 1. The first-order valence-electron chi connectivity index (χ1n) is 8.66. The third kappa shape index (κ3) is 4.04. The predicted octanol–water partition coefficient (Wildman–Crippen LogP) is 2.93. The lowest BCUT2D eigenvalue weighted by Gasteiger charge is -2.14. The zero-order valence-electron chi connectivity index (χ0n) is 14.8. The number of carboxylic acids is 1. The molecule has 1 aromatic heterocycles. The lowest BCUT2D eigenvalue weighted by Crippen LogP contribution is -2.31. The van der Waals surface area contributed by atoms with Crippen LogP contribution < -0.4 is 4.74 Å². The van der Waals surface area contributed by atoms with Crippen LogP contribution in [0.15, 0.2) is 29.6 Å². The number of ether oxygens (including phenoxy) is 1. The molecule has 6 nitrogen and oxygen atoms in total. The summed E-state index contributed by atoms with van der Waals surface area (Å²) in [7, 11) is 0. The Bertz CT molecular complexity index is 787. The van der Waals surface area contributed by atoms with Gasteiger partial charge < -0.3 is 14.7 Å². The number of carbonyl (C=O) groups is 2. The van der Waals surface area contributed by atoms with E-state index in [0.717, 1.165) is 22.0 Å². The van der Waals surface area contributed by atoms with E-state index in [-0.39, 0.29) is 24.8 Å². The van der Waals surface area contributed by atoms with Gasteiger partial charge in [0.25, 0.3) is 0 Å². The average Bonchev–Trinajstić information content (AvgIpc) is 3.22. The molecule has 0 spiro atoms. The van der Waals surface area contributed by atoms with Crippen molar-refractivity contribution in [1.29, 1.82) is 0 Å². The highest BCUT2D eigenvalue weighted by Crippen LogP contribution is 2.27. The Labute approximate surface area is 156 Å². The lowest BCUT2D eigenvalue weighted by atomic mass is 9.99. The smallest absolute Gasteiger partial charge is 0.308 e. The normalized spacial score (nSPS) is 19.5. The van der Waals surface area contributed by atoms with E-state index >= 15 is 0 Å². The number of likely N-dealkylation sites (tertiary alicyclic amines) is 1. The minimum absolute atomic E-state index is 0.0219. The van der Waals surface area contributed by atoms with Gasteiger partial charge in [-0.1, -0.05) is 6.92 Å². The van der Waals surface area contributed by atoms with Gasteiger partial charge in [0, 0.05) is 24.0 Å². The summed E-state index contributed by atoms with van der Waals surface area (Å²) in [6.07, 6.45) is 0.201. The van der Waals surface area contributed by atoms with Gasteiger partial charge >= 0.3 is 5.97 Å². The zero-order valence-corrected chi connectivity index (χ0v) is 15.7. The molecule has 2 aromatic rings. The van der Waals surface area contributed by atoms with Crippen LogP contribution in [-0.2, 0) is 16.0 Å². The number of aromatic nitrogens is 1. The molecule has 1 fully saturated rings. The maximum atomic E-state index is 12.5. The number of thiazole rings is 1. The number of hydrogen-bond acceptors (Lipinski definition) is 5. The Morgan fingerprint density at radius 1 is 1.31 bits per heavy atom. The van der Waals surface area contributed by atoms with Crippen LogP contribution in [0.1, 0.15) is 19.5 Å². The molecule has 3 rings (SSSR count). The standard InChI is InChI=1S/C19H22N2O4S/c1-3-25-15-6-4-13(5-7-15)18-20-14(11-26-18)8-17(22)21-9-12(2)16(10-21)19(23)24/h4-7,11-12,16H,3,8-10H2,1-2H3,(H,23,24)/t12-,16-/m1/s1. The van der Waals surface area contributed by atoms with E-state index in [9.17, 15) is 14.7 Å². The topological polar surface area (TPSA) is 79.7 Å². The monoisotopic (exact) mass is 374 g/mol. The molecule has 0 unspecified atom stereocenters. The van der Waals surface area contributed by atoms with E-state index in [0.29, 0.717) is 13.2 Å². The van der Waals surface area contributed by atoms with Crippen LogP contribution >= 0.6 is 11.3 Å². The van der Waals surface area contributed by atoms with Crippen LogP contribution in [0.5, 0.6) is 5.75 Å². The second-order valence-corrected chi connectivity index (χ2v) is 7.36. The summed E-state index contributed by atoms with van der Waals surface area (Å²) in [6.45, 7) is 5.22. The predicted molar refractivity (Wildman–Crippen MR) is 99.3 cm³/mol. The van der Waals surface area contributed by atoms with Crippen LogP contribution in [0.3, 0.4) is 0 Å². The molecule has 1 amide bonds. The summed E-state index contributed by atoms with van der Waals surface area (Å²) in [5.74, 6) is -0.581. The molecule has 0 saturated carbocycles. The highest BCUT2D eigenvalue weighted by molar-refractivity contribution is 7.13. The van der Waals surface area contributed by atoms with E-state index in [2.05, 4.69) is 4.98 Å². The minimum atomic E-state index is -0.834. The first-order chi connectivity index (χ1) is 12.5. The Morgan fingerprint density at radius 2 is 2.04 bits per heavy atom. The third-order valence-corrected chi connectivity index (χ3v) is 5.52. The summed E-state index contributed by atoms with van der Waals surface area (Å²) < 4.78 is 5.44. The molecule has 1 N–H and O–H groups in total. The second kappa shape index (κ2) is 7.86. The minimum Gasteiger partial charge on any atom is -0.494 e. The van der Waals surface area contributed by atoms with Crippen LogP contribution in [-0.4, -0.2) is 46.6 Å². The Morgan fingerprint density at radius 3 is 2.65 bits per heavy atom. The third-order valence-electron chi connectivity index (χ3n) is 4.58. The van der Waals surface area contributed by atoms with Gasteiger partial charge in [0.2, 0.25) is 5.91 Å². The molecule has 1 saturated heterocycles. The number of nitrogens with zero attached hydrogens (tertiary/aromatic N) is 2. The molecule has 1 aromatic carbocycles. The Balaban J connectivity index is 1.63. The van der Waals surface area contributed by atoms with E-state index in [4.69, 9.17) is 4.74 Å². The van der Waals surface area contributed by atoms with Crippen LogP contribution in [0.4, 0.5) is 0 Å². The molecular weight excluding hydrogens is 352 g/mol. The largest absolute Gasteiger partial charge is 0.494 e. The highest BCUT2D eigenvalue weighted by atomic mass is 32.1. The summed E-state index contributed by atoms with van der Waals surface area (Å²) in [5, 5.41) is 11.9. The quantitative estimate of drug-likeness (QED) is 0.841. The van der Waals surface area contributed by atoms with Crippen molar-refractivity contribution in [2.24, 2.45) is 11.8 Å². The van der Waals surface area contributed by atoms with Crippen molar-refractivity contribution in [3.05, 3.63) is 35.3 Å². The SMILES string of the molecule is CCOc1ccc(-c2nc(CC(=O)N3C[C@@H](C)[C@H](C(=O)O)C3)cs2)cc1. The summed E-state index contributed by atoms with van der Waals surface area (Å²) in [4.78, 5) is 29.9. The highest BCUT2D eigenvalue weighted by Gasteiger charge is 2.36. The van der Waals surface area contributed by atoms with Crippen LogP contribution in [0.25, 0.3) is 10.6 Å². The van der Waals surface area contributed by atoms with Crippen LogP contribution in [0.2, 0.25) is 0 Å². The van der Waals surface area contributed by atoms with Gasteiger partial charge in [0.15, 0.2) is 0 Å². The van der Waals surface area contributed by atoms with E-state index in [1.807, 2.05) is 43.5 Å². The molecule has 1 aliphatic heterocycles.